The first-order valence-electron chi connectivity index (χ1n) is 4.54. The summed E-state index contributed by atoms with van der Waals surface area (Å²) in [5, 5.41) is 0. The van der Waals surface area contributed by atoms with Gasteiger partial charge in [0.15, 0.2) is 0 Å². The molecule has 0 radical (unpaired) electrons. The van der Waals surface area contributed by atoms with Crippen molar-refractivity contribution in [1.29, 1.82) is 0 Å². The molecule has 0 fully saturated rings. The molecule has 1 aromatic rings. The SMILES string of the molecule is COc1ccc(CC(C)(C)N)c(Br)c1. The van der Waals surface area contributed by atoms with E-state index in [4.69, 9.17) is 10.5 Å². The molecule has 0 atom stereocenters. The molecule has 0 aliphatic heterocycles. The number of halogens is 1. The minimum absolute atomic E-state index is 0.183. The first kappa shape index (κ1) is 11.5. The molecule has 0 aliphatic rings. The van der Waals surface area contributed by atoms with E-state index in [1.165, 1.54) is 5.56 Å². The molecule has 3 heteroatoms. The fourth-order valence-corrected chi connectivity index (χ4v) is 1.79. The van der Waals surface area contributed by atoms with Gasteiger partial charge in [0.1, 0.15) is 5.75 Å². The third-order valence-electron chi connectivity index (χ3n) is 1.91. The van der Waals surface area contributed by atoms with Gasteiger partial charge in [0, 0.05) is 10.0 Å². The van der Waals surface area contributed by atoms with Crippen LogP contribution in [-0.4, -0.2) is 12.6 Å². The minimum Gasteiger partial charge on any atom is -0.497 e. The van der Waals surface area contributed by atoms with E-state index in [-0.39, 0.29) is 5.54 Å². The Morgan fingerprint density at radius 1 is 1.43 bits per heavy atom. The smallest absolute Gasteiger partial charge is 0.120 e. The maximum Gasteiger partial charge on any atom is 0.120 e. The summed E-state index contributed by atoms with van der Waals surface area (Å²) in [7, 11) is 1.66. The van der Waals surface area contributed by atoms with Crippen molar-refractivity contribution >= 4 is 15.9 Å². The predicted octanol–water partition coefficient (Wildman–Crippen LogP) is 2.74. The zero-order valence-electron chi connectivity index (χ0n) is 8.80. The monoisotopic (exact) mass is 257 g/mol. The Kier molecular flexibility index (Phi) is 3.56. The lowest BCUT2D eigenvalue weighted by Crippen LogP contribution is -2.34. The number of hydrogen-bond donors (Lipinski definition) is 1. The molecular weight excluding hydrogens is 242 g/mol. The van der Waals surface area contributed by atoms with Crippen molar-refractivity contribution in [3.63, 3.8) is 0 Å². The third kappa shape index (κ3) is 3.31. The van der Waals surface area contributed by atoms with E-state index in [2.05, 4.69) is 15.9 Å². The molecule has 0 saturated heterocycles. The van der Waals surface area contributed by atoms with Crippen LogP contribution in [0.3, 0.4) is 0 Å². The molecule has 1 rings (SSSR count). The summed E-state index contributed by atoms with van der Waals surface area (Å²) in [4.78, 5) is 0. The normalized spacial score (nSPS) is 11.5. The Bertz CT molecular complexity index is 318. The average molecular weight is 258 g/mol. The molecule has 0 aliphatic carbocycles. The zero-order chi connectivity index (χ0) is 10.8. The van der Waals surface area contributed by atoms with Crippen molar-refractivity contribution in [1.82, 2.24) is 0 Å². The van der Waals surface area contributed by atoms with Crippen LogP contribution in [0.1, 0.15) is 19.4 Å². The summed E-state index contributed by atoms with van der Waals surface area (Å²) in [5.41, 5.74) is 6.98. The summed E-state index contributed by atoms with van der Waals surface area (Å²) in [6.45, 7) is 4.04. The van der Waals surface area contributed by atoms with E-state index in [9.17, 15) is 0 Å². The third-order valence-corrected chi connectivity index (χ3v) is 2.64. The number of methoxy groups -OCH3 is 1. The van der Waals surface area contributed by atoms with Gasteiger partial charge in [0.05, 0.1) is 7.11 Å². The Hall–Kier alpha value is -0.540. The van der Waals surface area contributed by atoms with E-state index in [1.54, 1.807) is 7.11 Å². The number of rotatable bonds is 3. The van der Waals surface area contributed by atoms with Crippen molar-refractivity contribution in [2.75, 3.05) is 7.11 Å². The topological polar surface area (TPSA) is 35.2 Å². The molecule has 14 heavy (non-hydrogen) atoms. The highest BCUT2D eigenvalue weighted by Gasteiger charge is 2.13. The van der Waals surface area contributed by atoms with Gasteiger partial charge in [-0.15, -0.1) is 0 Å². The largest absolute Gasteiger partial charge is 0.497 e. The molecule has 0 heterocycles. The van der Waals surface area contributed by atoms with Crippen LogP contribution in [0.15, 0.2) is 22.7 Å². The standard InChI is InChI=1S/C11H16BrNO/c1-11(2,13)7-8-4-5-9(14-3)6-10(8)12/h4-6H,7,13H2,1-3H3. The van der Waals surface area contributed by atoms with Crippen molar-refractivity contribution < 1.29 is 4.74 Å². The van der Waals surface area contributed by atoms with Gasteiger partial charge in [-0.2, -0.15) is 0 Å². The summed E-state index contributed by atoms with van der Waals surface area (Å²) in [6.07, 6.45) is 0.845. The predicted molar refractivity (Wildman–Crippen MR) is 62.7 cm³/mol. The summed E-state index contributed by atoms with van der Waals surface area (Å²) < 4.78 is 6.17. The maximum atomic E-state index is 5.95. The van der Waals surface area contributed by atoms with Gasteiger partial charge >= 0.3 is 0 Å². The van der Waals surface area contributed by atoms with Gasteiger partial charge in [-0.1, -0.05) is 22.0 Å². The number of hydrogen-bond acceptors (Lipinski definition) is 2. The van der Waals surface area contributed by atoms with Crippen LogP contribution in [0, 0.1) is 0 Å². The van der Waals surface area contributed by atoms with Crippen LogP contribution in [0.5, 0.6) is 5.75 Å². The Morgan fingerprint density at radius 3 is 2.50 bits per heavy atom. The second-order valence-electron chi connectivity index (χ2n) is 4.12. The van der Waals surface area contributed by atoms with Crippen molar-refractivity contribution in [3.8, 4) is 5.75 Å². The van der Waals surface area contributed by atoms with E-state index >= 15 is 0 Å². The molecular formula is C11H16BrNO. The highest BCUT2D eigenvalue weighted by Crippen LogP contribution is 2.25. The van der Waals surface area contributed by atoms with Crippen LogP contribution in [0.25, 0.3) is 0 Å². The molecule has 0 aromatic heterocycles. The van der Waals surface area contributed by atoms with Gasteiger partial charge in [-0.3, -0.25) is 0 Å². The van der Waals surface area contributed by atoms with E-state index in [0.717, 1.165) is 16.6 Å². The van der Waals surface area contributed by atoms with Crippen molar-refractivity contribution in [2.45, 2.75) is 25.8 Å². The maximum absolute atomic E-state index is 5.95. The second-order valence-corrected chi connectivity index (χ2v) is 4.98. The van der Waals surface area contributed by atoms with Gasteiger partial charge in [-0.05, 0) is 38.0 Å². The number of benzene rings is 1. The lowest BCUT2D eigenvalue weighted by atomic mass is 9.96. The molecule has 0 unspecified atom stereocenters. The van der Waals surface area contributed by atoms with Crippen LogP contribution in [0.2, 0.25) is 0 Å². The molecule has 0 amide bonds. The first-order chi connectivity index (χ1) is 6.42. The fourth-order valence-electron chi connectivity index (χ4n) is 1.29. The summed E-state index contributed by atoms with van der Waals surface area (Å²) in [5.74, 6) is 0.857. The lowest BCUT2D eigenvalue weighted by molar-refractivity contribution is 0.414. The van der Waals surface area contributed by atoms with Crippen LogP contribution in [0.4, 0.5) is 0 Å². The molecule has 78 valence electrons. The van der Waals surface area contributed by atoms with Crippen LogP contribution < -0.4 is 10.5 Å². The van der Waals surface area contributed by atoms with E-state index in [1.807, 2.05) is 32.0 Å². The fraction of sp³-hybridized carbons (Fsp3) is 0.455. The summed E-state index contributed by atoms with van der Waals surface area (Å²) >= 11 is 3.51. The highest BCUT2D eigenvalue weighted by atomic mass is 79.9. The number of nitrogens with two attached hydrogens (primary N) is 1. The quantitative estimate of drug-likeness (QED) is 0.904. The Labute approximate surface area is 93.6 Å². The zero-order valence-corrected chi connectivity index (χ0v) is 10.4. The van der Waals surface area contributed by atoms with Gasteiger partial charge in [0.2, 0.25) is 0 Å². The Balaban J connectivity index is 2.89. The lowest BCUT2D eigenvalue weighted by Gasteiger charge is -2.19. The molecule has 0 bridgehead atoms. The highest BCUT2D eigenvalue weighted by molar-refractivity contribution is 9.10. The molecule has 1 aromatic carbocycles. The first-order valence-corrected chi connectivity index (χ1v) is 5.33. The second kappa shape index (κ2) is 4.32. The van der Waals surface area contributed by atoms with Crippen molar-refractivity contribution in [2.24, 2.45) is 5.73 Å². The minimum atomic E-state index is -0.183. The van der Waals surface area contributed by atoms with Gasteiger partial charge < -0.3 is 10.5 Å². The van der Waals surface area contributed by atoms with Crippen LogP contribution >= 0.6 is 15.9 Å². The molecule has 0 saturated carbocycles. The van der Waals surface area contributed by atoms with Gasteiger partial charge in [0.25, 0.3) is 0 Å². The summed E-state index contributed by atoms with van der Waals surface area (Å²) in [6, 6.07) is 5.95. The molecule has 2 N–H and O–H groups in total. The average Bonchev–Trinajstić information content (AvgIpc) is 2.06. The van der Waals surface area contributed by atoms with Gasteiger partial charge in [-0.25, -0.2) is 0 Å². The molecule has 2 nitrogen and oxygen atoms in total. The van der Waals surface area contributed by atoms with Crippen molar-refractivity contribution in [3.05, 3.63) is 28.2 Å². The van der Waals surface area contributed by atoms with Crippen LogP contribution in [-0.2, 0) is 6.42 Å². The molecule has 0 spiro atoms. The number of ether oxygens (including phenoxy) is 1. The van der Waals surface area contributed by atoms with E-state index in [0.29, 0.717) is 0 Å². The Morgan fingerprint density at radius 2 is 2.07 bits per heavy atom. The van der Waals surface area contributed by atoms with E-state index < -0.39 is 0 Å².